The van der Waals surface area contributed by atoms with Crippen LogP contribution in [0.15, 0.2) is 59.8 Å². The molecule has 0 saturated carbocycles. The van der Waals surface area contributed by atoms with E-state index < -0.39 is 18.0 Å². The van der Waals surface area contributed by atoms with Crippen LogP contribution in [-0.2, 0) is 9.53 Å². The van der Waals surface area contributed by atoms with Crippen LogP contribution in [0.1, 0.15) is 25.5 Å². The first-order chi connectivity index (χ1) is 14.5. The minimum Gasteiger partial charge on any atom is -0.504 e. The summed E-state index contributed by atoms with van der Waals surface area (Å²) in [6.07, 6.45) is 0. The van der Waals surface area contributed by atoms with Gasteiger partial charge in [0, 0.05) is 5.70 Å². The molecule has 0 aliphatic carbocycles. The summed E-state index contributed by atoms with van der Waals surface area (Å²) >= 11 is 0. The Balaban J connectivity index is 1.73. The topological polar surface area (TPSA) is 106 Å². The summed E-state index contributed by atoms with van der Waals surface area (Å²) in [5.41, 5.74) is 1.24. The van der Waals surface area contributed by atoms with Crippen LogP contribution in [0, 0.1) is 0 Å². The summed E-state index contributed by atoms with van der Waals surface area (Å²) in [5.74, 6) is 0.349. The Morgan fingerprint density at radius 1 is 1.10 bits per heavy atom. The van der Waals surface area contributed by atoms with E-state index in [0.29, 0.717) is 23.6 Å². The predicted molar refractivity (Wildman–Crippen MR) is 109 cm³/mol. The van der Waals surface area contributed by atoms with E-state index >= 15 is 0 Å². The smallest absolute Gasteiger partial charge is 0.338 e. The van der Waals surface area contributed by atoms with Gasteiger partial charge in [0.1, 0.15) is 19.0 Å². The lowest BCUT2D eigenvalue weighted by molar-refractivity contribution is -0.140. The van der Waals surface area contributed by atoms with E-state index in [1.54, 1.807) is 26.0 Å². The Morgan fingerprint density at radius 2 is 1.87 bits per heavy atom. The monoisotopic (exact) mass is 412 g/mol. The SMILES string of the molecule is CCOc1cc([C@H]2NC(=O)NC(C)=C2C(=O)OCCOc2ccccc2)ccc1O. The summed E-state index contributed by atoms with van der Waals surface area (Å²) < 4.78 is 16.3. The highest BCUT2D eigenvalue weighted by molar-refractivity contribution is 5.95. The zero-order valence-corrected chi connectivity index (χ0v) is 16.8. The third-order valence-electron chi connectivity index (χ3n) is 4.43. The maximum Gasteiger partial charge on any atom is 0.338 e. The van der Waals surface area contributed by atoms with Gasteiger partial charge in [-0.3, -0.25) is 0 Å². The molecule has 0 spiro atoms. The van der Waals surface area contributed by atoms with Gasteiger partial charge in [-0.2, -0.15) is 0 Å². The average Bonchev–Trinajstić information content (AvgIpc) is 2.73. The van der Waals surface area contributed by atoms with Crippen LogP contribution < -0.4 is 20.1 Å². The van der Waals surface area contributed by atoms with E-state index in [0.717, 1.165) is 0 Å². The average molecular weight is 412 g/mol. The number of carbonyl (C=O) groups is 2. The van der Waals surface area contributed by atoms with E-state index in [1.807, 2.05) is 30.3 Å². The number of benzene rings is 2. The van der Waals surface area contributed by atoms with Crippen molar-refractivity contribution < 1.29 is 28.9 Å². The predicted octanol–water partition coefficient (Wildman–Crippen LogP) is 3.04. The molecule has 8 nitrogen and oxygen atoms in total. The maximum absolute atomic E-state index is 12.8. The van der Waals surface area contributed by atoms with Gasteiger partial charge in [-0.25, -0.2) is 9.59 Å². The number of phenols is 1. The van der Waals surface area contributed by atoms with Crippen LogP contribution in [0.3, 0.4) is 0 Å². The van der Waals surface area contributed by atoms with Gasteiger partial charge >= 0.3 is 12.0 Å². The molecule has 2 aromatic rings. The number of esters is 1. The van der Waals surface area contributed by atoms with Crippen molar-refractivity contribution in [3.63, 3.8) is 0 Å². The zero-order chi connectivity index (χ0) is 21.5. The van der Waals surface area contributed by atoms with E-state index in [-0.39, 0.29) is 30.3 Å². The lowest BCUT2D eigenvalue weighted by atomic mass is 9.95. The van der Waals surface area contributed by atoms with Gasteiger partial charge in [-0.1, -0.05) is 24.3 Å². The number of nitrogens with one attached hydrogen (secondary N) is 2. The number of ether oxygens (including phenoxy) is 3. The molecule has 0 radical (unpaired) electrons. The van der Waals surface area contributed by atoms with E-state index in [4.69, 9.17) is 14.2 Å². The molecule has 0 fully saturated rings. The first kappa shape index (κ1) is 21.0. The summed E-state index contributed by atoms with van der Waals surface area (Å²) in [6.45, 7) is 4.03. The van der Waals surface area contributed by atoms with Gasteiger partial charge in [-0.05, 0) is 43.7 Å². The fourth-order valence-electron chi connectivity index (χ4n) is 3.08. The highest BCUT2D eigenvalue weighted by atomic mass is 16.6. The summed E-state index contributed by atoms with van der Waals surface area (Å²) in [6, 6.07) is 12.7. The number of phenolic OH excluding ortho intramolecular Hbond substituents is 1. The molecule has 158 valence electrons. The number of allylic oxidation sites excluding steroid dienone is 1. The molecule has 2 amide bonds. The zero-order valence-electron chi connectivity index (χ0n) is 16.8. The molecule has 2 aromatic carbocycles. The number of hydrogen-bond donors (Lipinski definition) is 3. The molecule has 1 aliphatic rings. The molecule has 0 unspecified atom stereocenters. The molecule has 30 heavy (non-hydrogen) atoms. The molecule has 0 saturated heterocycles. The summed E-state index contributed by atoms with van der Waals surface area (Å²) in [4.78, 5) is 24.8. The Hall–Kier alpha value is -3.68. The summed E-state index contributed by atoms with van der Waals surface area (Å²) in [7, 11) is 0. The number of aromatic hydroxyl groups is 1. The van der Waals surface area contributed by atoms with Crippen molar-refractivity contribution in [1.82, 2.24) is 10.6 Å². The minimum absolute atomic E-state index is 0.0243. The molecule has 0 aromatic heterocycles. The van der Waals surface area contributed by atoms with Gasteiger partial charge in [0.25, 0.3) is 0 Å². The lowest BCUT2D eigenvalue weighted by Crippen LogP contribution is -2.45. The Bertz CT molecular complexity index is 942. The molecule has 3 rings (SSSR count). The van der Waals surface area contributed by atoms with Crippen LogP contribution in [-0.4, -0.2) is 36.9 Å². The number of para-hydroxylation sites is 1. The standard InChI is InChI=1S/C22H24N2O6/c1-3-28-18-13-15(9-10-17(18)25)20-19(14(2)23-22(27)24-20)21(26)30-12-11-29-16-7-5-4-6-8-16/h4-10,13,20,25H,3,11-12H2,1-2H3,(H2,23,24,27)/t20-/m1/s1. The summed E-state index contributed by atoms with van der Waals surface area (Å²) in [5, 5.41) is 15.3. The normalized spacial score (nSPS) is 15.8. The third-order valence-corrected chi connectivity index (χ3v) is 4.43. The number of amides is 2. The molecular formula is C22H24N2O6. The molecule has 0 bridgehead atoms. The van der Waals surface area contributed by atoms with Crippen molar-refractivity contribution in [3.8, 4) is 17.2 Å². The Kier molecular flexibility index (Phi) is 6.79. The van der Waals surface area contributed by atoms with Gasteiger partial charge in [-0.15, -0.1) is 0 Å². The second-order valence-corrected chi connectivity index (χ2v) is 6.53. The molecule has 1 heterocycles. The highest BCUT2D eigenvalue weighted by Crippen LogP contribution is 2.34. The quantitative estimate of drug-likeness (QED) is 0.455. The minimum atomic E-state index is -0.749. The van der Waals surface area contributed by atoms with Crippen molar-refractivity contribution >= 4 is 12.0 Å². The van der Waals surface area contributed by atoms with Crippen molar-refractivity contribution in [3.05, 3.63) is 65.4 Å². The number of carbonyl (C=O) groups excluding carboxylic acids is 2. The number of rotatable bonds is 8. The second-order valence-electron chi connectivity index (χ2n) is 6.53. The Labute approximate surface area is 174 Å². The third kappa shape index (κ3) is 5.02. The van der Waals surface area contributed by atoms with Gasteiger partial charge in [0.2, 0.25) is 0 Å². The van der Waals surface area contributed by atoms with Crippen molar-refractivity contribution in [2.75, 3.05) is 19.8 Å². The van der Waals surface area contributed by atoms with Crippen molar-refractivity contribution in [1.29, 1.82) is 0 Å². The first-order valence-electron chi connectivity index (χ1n) is 9.58. The number of hydrogen-bond acceptors (Lipinski definition) is 6. The van der Waals surface area contributed by atoms with Gasteiger partial charge < -0.3 is 30.0 Å². The Morgan fingerprint density at radius 3 is 2.60 bits per heavy atom. The van der Waals surface area contributed by atoms with Crippen LogP contribution in [0.5, 0.6) is 17.2 Å². The highest BCUT2D eigenvalue weighted by Gasteiger charge is 2.32. The van der Waals surface area contributed by atoms with Gasteiger partial charge in [0.05, 0.1) is 18.2 Å². The van der Waals surface area contributed by atoms with E-state index in [9.17, 15) is 14.7 Å². The largest absolute Gasteiger partial charge is 0.504 e. The molecule has 1 aliphatic heterocycles. The van der Waals surface area contributed by atoms with Crippen LogP contribution in [0.4, 0.5) is 4.79 Å². The molecule has 3 N–H and O–H groups in total. The first-order valence-corrected chi connectivity index (χ1v) is 9.58. The maximum atomic E-state index is 12.8. The van der Waals surface area contributed by atoms with Crippen molar-refractivity contribution in [2.24, 2.45) is 0 Å². The fourth-order valence-corrected chi connectivity index (χ4v) is 3.08. The van der Waals surface area contributed by atoms with Crippen LogP contribution >= 0.6 is 0 Å². The number of urea groups is 1. The van der Waals surface area contributed by atoms with Crippen LogP contribution in [0.2, 0.25) is 0 Å². The second kappa shape index (κ2) is 9.69. The fraction of sp³-hybridized carbons (Fsp3) is 0.273. The van der Waals surface area contributed by atoms with E-state index in [2.05, 4.69) is 10.6 Å². The van der Waals surface area contributed by atoms with Crippen LogP contribution in [0.25, 0.3) is 0 Å². The van der Waals surface area contributed by atoms with E-state index in [1.165, 1.54) is 6.07 Å². The molecule has 1 atom stereocenters. The molecule has 8 heteroatoms. The molecular weight excluding hydrogens is 388 g/mol. The van der Waals surface area contributed by atoms with Gasteiger partial charge in [0.15, 0.2) is 11.5 Å². The van der Waals surface area contributed by atoms with Crippen molar-refractivity contribution in [2.45, 2.75) is 19.9 Å². The lowest BCUT2D eigenvalue weighted by Gasteiger charge is -2.28.